The van der Waals surface area contributed by atoms with Crippen LogP contribution < -0.4 is 8.92 Å². The van der Waals surface area contributed by atoms with Crippen molar-refractivity contribution < 1.29 is 35.2 Å². The molecule has 1 aliphatic heterocycles. The number of fused-ring (bicyclic) bond motifs is 1. The fourth-order valence-electron chi connectivity index (χ4n) is 2.41. The van der Waals surface area contributed by atoms with Gasteiger partial charge in [0.2, 0.25) is 0 Å². The van der Waals surface area contributed by atoms with Gasteiger partial charge in [-0.25, -0.2) is 0 Å². The van der Waals surface area contributed by atoms with Gasteiger partial charge >= 0.3 is 15.6 Å². The average Bonchev–Trinajstić information content (AvgIpc) is 3.21. The number of benzene rings is 2. The SMILES string of the molecule is C1CC[SH+]C1.COCCOc1cccc2c(OS(=O)(=O)C(F)(F)F)cccc12. The van der Waals surface area contributed by atoms with E-state index in [0.717, 1.165) is 6.07 Å². The minimum Gasteiger partial charge on any atom is -0.491 e. The molecule has 5 nitrogen and oxygen atoms in total. The second-order valence-corrected chi connectivity index (χ2v) is 8.69. The van der Waals surface area contributed by atoms with E-state index in [2.05, 4.69) is 4.18 Å². The summed E-state index contributed by atoms with van der Waals surface area (Å²) in [5, 5.41) is 0.619. The van der Waals surface area contributed by atoms with Crippen LogP contribution in [-0.4, -0.2) is 45.8 Å². The molecule has 1 heterocycles. The number of hydrogen-bond donors (Lipinski definition) is 0. The van der Waals surface area contributed by atoms with Gasteiger partial charge in [0.1, 0.15) is 23.9 Å². The Morgan fingerprint density at radius 2 is 1.54 bits per heavy atom. The third-order valence-corrected chi connectivity index (χ3v) is 5.98. The van der Waals surface area contributed by atoms with Crippen LogP contribution in [0.1, 0.15) is 12.8 Å². The average molecular weight is 439 g/mol. The molecule has 1 fully saturated rings. The van der Waals surface area contributed by atoms with Gasteiger partial charge in [-0.05, 0) is 36.7 Å². The molecule has 0 spiro atoms. The van der Waals surface area contributed by atoms with Gasteiger partial charge in [0.05, 0.1) is 6.61 Å². The Kier molecular flexibility index (Phi) is 8.26. The fourth-order valence-corrected chi connectivity index (χ4v) is 4.00. The molecular formula is C18H22F3O5S2+. The number of halogens is 3. The predicted molar refractivity (Wildman–Crippen MR) is 105 cm³/mol. The Morgan fingerprint density at radius 1 is 0.964 bits per heavy atom. The summed E-state index contributed by atoms with van der Waals surface area (Å²) in [6.45, 7) is 0.566. The molecule has 10 heteroatoms. The van der Waals surface area contributed by atoms with Crippen LogP contribution in [0.3, 0.4) is 0 Å². The Morgan fingerprint density at radius 3 is 2.04 bits per heavy atom. The lowest BCUT2D eigenvalue weighted by Crippen LogP contribution is -2.28. The third-order valence-electron chi connectivity index (χ3n) is 3.75. The zero-order valence-electron chi connectivity index (χ0n) is 15.2. The van der Waals surface area contributed by atoms with Crippen molar-refractivity contribution in [3.63, 3.8) is 0 Å². The molecule has 2 aromatic carbocycles. The number of methoxy groups -OCH3 is 1. The first-order chi connectivity index (χ1) is 13.3. The molecule has 156 valence electrons. The maximum absolute atomic E-state index is 12.5. The standard InChI is InChI=1S/C14H13F3O5S.C4H8S/c1-20-8-9-21-12-6-2-5-11-10(12)4-3-7-13(11)22-23(18,19)14(15,16)17;1-2-4-5-3-1/h2-7H,8-9H2,1H3;1-4H2/p+1. The second-order valence-electron chi connectivity index (χ2n) is 5.81. The number of rotatable bonds is 6. The van der Waals surface area contributed by atoms with Gasteiger partial charge < -0.3 is 13.7 Å². The molecule has 1 aliphatic rings. The highest BCUT2D eigenvalue weighted by molar-refractivity contribution is 7.88. The van der Waals surface area contributed by atoms with Gasteiger partial charge in [0.25, 0.3) is 0 Å². The van der Waals surface area contributed by atoms with Gasteiger partial charge in [-0.2, -0.15) is 21.6 Å². The van der Waals surface area contributed by atoms with Crippen molar-refractivity contribution in [1.29, 1.82) is 0 Å². The van der Waals surface area contributed by atoms with Gasteiger partial charge in [-0.1, -0.05) is 24.3 Å². The summed E-state index contributed by atoms with van der Waals surface area (Å²) < 4.78 is 74.2. The first-order valence-corrected chi connectivity index (χ1v) is 11.2. The lowest BCUT2D eigenvalue weighted by atomic mass is 10.1. The quantitative estimate of drug-likeness (QED) is 0.226. The number of thiol groups is 1. The topological polar surface area (TPSA) is 61.8 Å². The van der Waals surface area contributed by atoms with Crippen LogP contribution in [0.15, 0.2) is 36.4 Å². The van der Waals surface area contributed by atoms with E-state index < -0.39 is 21.4 Å². The van der Waals surface area contributed by atoms with E-state index in [0.29, 0.717) is 17.7 Å². The van der Waals surface area contributed by atoms with Crippen LogP contribution >= 0.6 is 0 Å². The van der Waals surface area contributed by atoms with E-state index in [1.54, 1.807) is 23.9 Å². The van der Waals surface area contributed by atoms with E-state index in [-0.39, 0.29) is 12.0 Å². The number of alkyl halides is 3. The van der Waals surface area contributed by atoms with Crippen molar-refractivity contribution in [2.45, 2.75) is 18.3 Å². The summed E-state index contributed by atoms with van der Waals surface area (Å²) in [5.74, 6) is 2.91. The lowest BCUT2D eigenvalue weighted by molar-refractivity contribution is -0.0499. The fraction of sp³-hybridized carbons (Fsp3) is 0.444. The van der Waals surface area contributed by atoms with Crippen molar-refractivity contribution in [3.05, 3.63) is 36.4 Å². The maximum atomic E-state index is 12.5. The molecule has 0 amide bonds. The van der Waals surface area contributed by atoms with Crippen LogP contribution in [0, 0.1) is 0 Å². The van der Waals surface area contributed by atoms with Crippen LogP contribution in [0.4, 0.5) is 13.2 Å². The van der Waals surface area contributed by atoms with Gasteiger partial charge in [0, 0.05) is 17.9 Å². The van der Waals surface area contributed by atoms with Gasteiger partial charge in [0.15, 0.2) is 5.75 Å². The molecule has 0 atom stereocenters. The highest BCUT2D eigenvalue weighted by atomic mass is 32.2. The van der Waals surface area contributed by atoms with E-state index >= 15 is 0 Å². The smallest absolute Gasteiger partial charge is 0.491 e. The zero-order valence-corrected chi connectivity index (χ0v) is 16.9. The first kappa shape index (κ1) is 22.6. The minimum absolute atomic E-state index is 0.190. The molecule has 0 radical (unpaired) electrons. The zero-order chi connectivity index (χ0) is 20.6. The Labute approximate surface area is 166 Å². The minimum atomic E-state index is -5.74. The monoisotopic (exact) mass is 439 g/mol. The Bertz CT molecular complexity index is 858. The molecule has 0 saturated carbocycles. The first-order valence-electron chi connectivity index (χ1n) is 8.54. The third kappa shape index (κ3) is 6.18. The van der Waals surface area contributed by atoms with Crippen LogP contribution in [0.2, 0.25) is 0 Å². The predicted octanol–water partition coefficient (Wildman–Crippen LogP) is 3.69. The summed E-state index contributed by atoms with van der Waals surface area (Å²) in [5.41, 5.74) is -5.50. The van der Waals surface area contributed by atoms with Crippen molar-refractivity contribution in [1.82, 2.24) is 0 Å². The molecule has 0 aromatic heterocycles. The summed E-state index contributed by atoms with van der Waals surface area (Å²) in [6, 6.07) is 8.69. The lowest BCUT2D eigenvalue weighted by Gasteiger charge is -2.13. The molecule has 1 saturated heterocycles. The van der Waals surface area contributed by atoms with E-state index in [9.17, 15) is 21.6 Å². The Hall–Kier alpha value is -1.65. The molecule has 0 bridgehead atoms. The molecule has 0 unspecified atom stereocenters. The van der Waals surface area contributed by atoms with Crippen LogP contribution in [0.25, 0.3) is 10.8 Å². The molecule has 0 N–H and O–H groups in total. The Balaban J connectivity index is 0.000000485. The summed E-state index contributed by atoms with van der Waals surface area (Å²) >= 11 is 1.69. The van der Waals surface area contributed by atoms with E-state index in [4.69, 9.17) is 9.47 Å². The van der Waals surface area contributed by atoms with Crippen molar-refractivity contribution in [3.8, 4) is 11.5 Å². The van der Waals surface area contributed by atoms with Crippen LogP contribution in [-0.2, 0) is 26.6 Å². The van der Waals surface area contributed by atoms with Crippen molar-refractivity contribution >= 4 is 32.7 Å². The number of ether oxygens (including phenoxy) is 2. The summed E-state index contributed by atoms with van der Waals surface area (Å²) in [6.07, 6.45) is 2.98. The number of hydrogen-bond acceptors (Lipinski definition) is 5. The second kappa shape index (κ2) is 10.2. The maximum Gasteiger partial charge on any atom is 0.534 e. The van der Waals surface area contributed by atoms with Gasteiger partial charge in [-0.15, -0.1) is 0 Å². The molecule has 0 aliphatic carbocycles. The molecule has 3 rings (SSSR count). The van der Waals surface area contributed by atoms with Crippen molar-refractivity contribution in [2.75, 3.05) is 31.8 Å². The van der Waals surface area contributed by atoms with Crippen molar-refractivity contribution in [2.24, 2.45) is 0 Å². The van der Waals surface area contributed by atoms with E-state index in [1.165, 1.54) is 49.7 Å². The molecular weight excluding hydrogens is 417 g/mol. The summed E-state index contributed by atoms with van der Waals surface area (Å²) in [4.78, 5) is 0. The van der Waals surface area contributed by atoms with Crippen LogP contribution in [0.5, 0.6) is 11.5 Å². The summed E-state index contributed by atoms with van der Waals surface area (Å²) in [7, 11) is -4.24. The van der Waals surface area contributed by atoms with E-state index in [1.807, 2.05) is 0 Å². The normalized spacial score (nSPS) is 14.4. The molecule has 2 aromatic rings. The highest BCUT2D eigenvalue weighted by Crippen LogP contribution is 2.35. The van der Waals surface area contributed by atoms with Gasteiger partial charge in [-0.3, -0.25) is 0 Å². The highest BCUT2D eigenvalue weighted by Gasteiger charge is 2.48. The largest absolute Gasteiger partial charge is 0.534 e. The molecule has 28 heavy (non-hydrogen) atoms.